The molecule has 2 fully saturated rings. The summed E-state index contributed by atoms with van der Waals surface area (Å²) >= 11 is 1.92. The molecule has 3 atom stereocenters. The van der Waals surface area contributed by atoms with Gasteiger partial charge >= 0.3 is 23.1 Å². The maximum Gasteiger partial charge on any atom is 2.00 e. The molecular weight excluding hydrogens is 534 g/mol. The number of amides is 3. The van der Waals surface area contributed by atoms with Crippen LogP contribution in [0.15, 0.2) is 48.8 Å². The van der Waals surface area contributed by atoms with Gasteiger partial charge in [-0.2, -0.15) is 11.8 Å². The van der Waals surface area contributed by atoms with Crippen LogP contribution in [0.1, 0.15) is 37.1 Å². The molecule has 0 aliphatic carbocycles. The van der Waals surface area contributed by atoms with E-state index in [1.165, 1.54) is 0 Å². The Bertz CT molecular complexity index is 955. The zero-order valence-electron chi connectivity index (χ0n) is 20.5. The molecule has 2 aromatic heterocycles. The maximum absolute atomic E-state index is 12.3. The van der Waals surface area contributed by atoms with E-state index in [-0.39, 0.29) is 41.1 Å². The van der Waals surface area contributed by atoms with Gasteiger partial charge in [-0.05, 0) is 47.5 Å². The van der Waals surface area contributed by atoms with E-state index in [4.69, 9.17) is 11.1 Å². The van der Waals surface area contributed by atoms with Gasteiger partial charge in [0.25, 0.3) is 0 Å². The van der Waals surface area contributed by atoms with E-state index < -0.39 is 0 Å². The van der Waals surface area contributed by atoms with E-state index in [0.29, 0.717) is 31.3 Å². The van der Waals surface area contributed by atoms with Crippen molar-refractivity contribution in [3.63, 3.8) is 0 Å². The first-order valence-corrected chi connectivity index (χ1v) is 13.1. The zero-order valence-corrected chi connectivity index (χ0v) is 22.4. The fraction of sp³-hybridized carbons (Fsp3) is 0.500. The minimum atomic E-state index is -0.0465. The molecule has 0 unspecified atom stereocenters. The number of carbonyl (C=O) groups is 2. The third kappa shape index (κ3) is 10.6. The predicted molar refractivity (Wildman–Crippen MR) is 139 cm³/mol. The number of thioether (sulfide) groups is 1. The molecule has 11 nitrogen and oxygen atoms in total. The van der Waals surface area contributed by atoms with E-state index in [1.807, 2.05) is 48.2 Å². The minimum Gasteiger partial charge on any atom is -0.355 e. The molecule has 2 aliphatic heterocycles. The summed E-state index contributed by atoms with van der Waals surface area (Å²) in [6, 6.07) is 12.3. The Hall–Kier alpha value is -2.82. The number of hydrogen-bond acceptors (Lipinski definition) is 7. The third-order valence-electron chi connectivity index (χ3n) is 6.05. The average molecular weight is 568 g/mol. The molecular formula is C24H33FeN9O2S+2. The predicted octanol–water partition coefficient (Wildman–Crippen LogP) is 3.19. The van der Waals surface area contributed by atoms with Crippen LogP contribution in [0.4, 0.5) is 4.79 Å². The summed E-state index contributed by atoms with van der Waals surface area (Å²) in [7, 11) is 0. The van der Waals surface area contributed by atoms with Crippen LogP contribution in [0.3, 0.4) is 0 Å². The van der Waals surface area contributed by atoms with Crippen molar-refractivity contribution in [3.8, 4) is 0 Å². The van der Waals surface area contributed by atoms with Gasteiger partial charge in [0.15, 0.2) is 0 Å². The van der Waals surface area contributed by atoms with Gasteiger partial charge in [-0.15, -0.1) is 5.53 Å². The Balaban J connectivity index is 0.00000115. The Morgan fingerprint density at radius 3 is 2.38 bits per heavy atom. The number of unbranched alkanes of at least 4 members (excludes halogenated alkanes) is 1. The zero-order chi connectivity index (χ0) is 25.6. The minimum absolute atomic E-state index is 0. The third-order valence-corrected chi connectivity index (χ3v) is 7.56. The number of rotatable bonds is 12. The molecule has 0 saturated carbocycles. The maximum atomic E-state index is 12.3. The van der Waals surface area contributed by atoms with Crippen molar-refractivity contribution in [2.45, 2.75) is 56.1 Å². The van der Waals surface area contributed by atoms with E-state index in [0.717, 1.165) is 42.9 Å². The van der Waals surface area contributed by atoms with Crippen LogP contribution in [-0.2, 0) is 35.0 Å². The van der Waals surface area contributed by atoms with Gasteiger partial charge in [0.05, 0.1) is 23.5 Å². The average Bonchev–Trinajstić information content (AvgIpc) is 3.43. The Labute approximate surface area is 231 Å². The van der Waals surface area contributed by atoms with Gasteiger partial charge in [-0.1, -0.05) is 18.6 Å². The number of nitrogens with zero attached hydrogens (tertiary/aromatic N) is 5. The smallest absolute Gasteiger partial charge is 0.355 e. The molecule has 0 radical (unpaired) electrons. The van der Waals surface area contributed by atoms with Crippen LogP contribution < -0.4 is 16.0 Å². The molecule has 4 rings (SSSR count). The normalized spacial score (nSPS) is 19.4. The van der Waals surface area contributed by atoms with Crippen LogP contribution in [0.2, 0.25) is 0 Å². The molecule has 0 bridgehead atoms. The van der Waals surface area contributed by atoms with E-state index >= 15 is 0 Å². The van der Waals surface area contributed by atoms with Crippen LogP contribution in [0.25, 0.3) is 10.4 Å². The van der Waals surface area contributed by atoms with E-state index in [1.54, 1.807) is 17.3 Å². The summed E-state index contributed by atoms with van der Waals surface area (Å²) in [5.41, 5.74) is 14.3. The topological polar surface area (TPSA) is 160 Å². The van der Waals surface area contributed by atoms with Crippen molar-refractivity contribution in [2.24, 2.45) is 0 Å². The molecule has 2 saturated heterocycles. The number of fused-ring (bicyclic) bond motifs is 1. The van der Waals surface area contributed by atoms with Crippen LogP contribution in [0, 0.1) is 5.53 Å². The van der Waals surface area contributed by atoms with Crippen molar-refractivity contribution in [3.05, 3.63) is 70.6 Å². The van der Waals surface area contributed by atoms with Crippen molar-refractivity contribution in [1.29, 1.82) is 5.53 Å². The van der Waals surface area contributed by atoms with Gasteiger partial charge < -0.3 is 16.0 Å². The second-order valence-electron chi connectivity index (χ2n) is 8.67. The van der Waals surface area contributed by atoms with Gasteiger partial charge in [0, 0.05) is 56.0 Å². The number of nitrogens with one attached hydrogen (secondary N) is 4. The Morgan fingerprint density at radius 1 is 1.14 bits per heavy atom. The standard InChI is InChI=1S/C24H32N6O2S.Fe.HN3/c31-22(10-2-1-9-21-23-20(17-33-21)28-24(32)29-23)27-13-14-30(15-18-7-3-5-11-25-18)16-19-8-4-6-12-26-19;;1-3-2/h3-8,11-12,20-21,23H,1-2,9-10,13-17H2,(H,27,31)(H2,28,29,32);;1H/q;+2;/t20-,21-,23-;;/m0../s1. The fourth-order valence-electron chi connectivity index (χ4n) is 4.37. The first-order valence-electron chi connectivity index (χ1n) is 12.1. The van der Waals surface area contributed by atoms with E-state index in [9.17, 15) is 9.59 Å². The Kier molecular flexibility index (Phi) is 13.8. The van der Waals surface area contributed by atoms with Crippen LogP contribution in [0.5, 0.6) is 0 Å². The molecule has 0 aromatic carbocycles. The second kappa shape index (κ2) is 16.8. The summed E-state index contributed by atoms with van der Waals surface area (Å²) in [4.78, 5) is 36.7. The number of hydrogen-bond donors (Lipinski definition) is 4. The monoisotopic (exact) mass is 567 g/mol. The summed E-state index contributed by atoms with van der Waals surface area (Å²) in [6.45, 7) is 2.74. The molecule has 4 N–H and O–H groups in total. The molecule has 0 spiro atoms. The molecule has 3 amide bonds. The SMILES string of the molecule is O=C(CCCC[C@@H]1SC[C@@H]2NC(=O)N[C@@H]21)NCCN(Cc1ccccn1)Cc1ccccn1.[Fe+2].[N-]=[N+]=N. The quantitative estimate of drug-likeness (QED) is 0.0770. The number of aromatic nitrogens is 2. The van der Waals surface area contributed by atoms with Crippen LogP contribution in [-0.4, -0.2) is 63.0 Å². The van der Waals surface area contributed by atoms with Gasteiger partial charge in [-0.25, -0.2) is 4.79 Å². The van der Waals surface area contributed by atoms with Crippen molar-refractivity contribution < 1.29 is 26.7 Å². The van der Waals surface area contributed by atoms with Crippen molar-refractivity contribution in [2.75, 3.05) is 18.8 Å². The number of urea groups is 1. The summed E-state index contributed by atoms with van der Waals surface area (Å²) in [6.07, 6.45) is 7.04. The molecule has 2 aliphatic rings. The summed E-state index contributed by atoms with van der Waals surface area (Å²) in [5, 5.41) is 9.51. The number of carbonyl (C=O) groups excluding carboxylic acids is 2. The molecule has 4 heterocycles. The van der Waals surface area contributed by atoms with Crippen molar-refractivity contribution >= 4 is 23.7 Å². The van der Waals surface area contributed by atoms with Gasteiger partial charge in [0.2, 0.25) is 5.91 Å². The number of pyridine rings is 2. The van der Waals surface area contributed by atoms with E-state index in [2.05, 4.69) is 30.8 Å². The van der Waals surface area contributed by atoms with Gasteiger partial charge in [-0.3, -0.25) is 19.7 Å². The fourth-order valence-corrected chi connectivity index (χ4v) is 5.92. The van der Waals surface area contributed by atoms with Crippen LogP contribution >= 0.6 is 11.8 Å². The second-order valence-corrected chi connectivity index (χ2v) is 9.94. The molecule has 37 heavy (non-hydrogen) atoms. The largest absolute Gasteiger partial charge is 2.00 e. The van der Waals surface area contributed by atoms with Gasteiger partial charge in [0.1, 0.15) is 0 Å². The Morgan fingerprint density at radius 2 is 1.78 bits per heavy atom. The molecule has 2 aromatic rings. The summed E-state index contributed by atoms with van der Waals surface area (Å²) < 4.78 is 0. The first kappa shape index (κ1) is 30.4. The van der Waals surface area contributed by atoms with Crippen molar-refractivity contribution in [1.82, 2.24) is 30.8 Å². The molecule has 198 valence electrons. The molecule has 13 heteroatoms. The summed E-state index contributed by atoms with van der Waals surface area (Å²) in [5.74, 6) is 1.07. The first-order chi connectivity index (χ1) is 17.6.